The summed E-state index contributed by atoms with van der Waals surface area (Å²) < 4.78 is 0. The molecule has 0 radical (unpaired) electrons. The van der Waals surface area contributed by atoms with Crippen LogP contribution >= 0.6 is 0 Å². The van der Waals surface area contributed by atoms with Crippen molar-refractivity contribution in [2.24, 2.45) is 11.1 Å². The number of benzene rings is 1. The Hall–Kier alpha value is -2.28. The predicted octanol–water partition coefficient (Wildman–Crippen LogP) is 1.96. The second kappa shape index (κ2) is 5.61. The van der Waals surface area contributed by atoms with E-state index in [4.69, 9.17) is 5.73 Å². The van der Waals surface area contributed by atoms with Crippen LogP contribution in [-0.4, -0.2) is 35.0 Å². The van der Waals surface area contributed by atoms with Crippen LogP contribution in [0.25, 0.3) is 10.9 Å². The fourth-order valence-corrected chi connectivity index (χ4v) is 2.23. The molecule has 0 saturated heterocycles. The van der Waals surface area contributed by atoms with E-state index in [-0.39, 0.29) is 11.1 Å². The molecular formula is C14H19N5O2. The van der Waals surface area contributed by atoms with Crippen molar-refractivity contribution >= 4 is 22.4 Å². The quantitative estimate of drug-likeness (QED) is 0.667. The van der Waals surface area contributed by atoms with E-state index >= 15 is 0 Å². The molecule has 2 aromatic rings. The summed E-state index contributed by atoms with van der Waals surface area (Å²) in [7, 11) is 1.90. The van der Waals surface area contributed by atoms with Crippen molar-refractivity contribution in [1.29, 1.82) is 0 Å². The van der Waals surface area contributed by atoms with Gasteiger partial charge in [-0.15, -0.1) is 0 Å². The zero-order valence-corrected chi connectivity index (χ0v) is 12.4. The smallest absolute Gasteiger partial charge is 0.270 e. The molecule has 0 aliphatic rings. The first-order chi connectivity index (χ1) is 9.84. The van der Waals surface area contributed by atoms with Gasteiger partial charge in [-0.3, -0.25) is 10.1 Å². The topological polar surface area (TPSA) is 98.2 Å². The standard InChI is InChI=1S/C14H19N5O2/c1-14(2,7-15)8-18(3)13-11-6-10(19(20)21)4-5-12(11)16-9-17-13/h4-6,9H,7-8,15H2,1-3H3. The monoisotopic (exact) mass is 289 g/mol. The largest absolute Gasteiger partial charge is 0.358 e. The van der Waals surface area contributed by atoms with Crippen LogP contribution in [0.5, 0.6) is 0 Å². The summed E-state index contributed by atoms with van der Waals surface area (Å²) in [6, 6.07) is 4.60. The van der Waals surface area contributed by atoms with Crippen molar-refractivity contribution in [3.63, 3.8) is 0 Å². The van der Waals surface area contributed by atoms with Gasteiger partial charge in [-0.2, -0.15) is 0 Å². The van der Waals surface area contributed by atoms with Crippen molar-refractivity contribution < 1.29 is 4.92 Å². The number of nitro benzene ring substituents is 1. The van der Waals surface area contributed by atoms with Gasteiger partial charge in [-0.05, 0) is 18.0 Å². The molecule has 0 aliphatic carbocycles. The van der Waals surface area contributed by atoms with Gasteiger partial charge in [0.15, 0.2) is 0 Å². The third kappa shape index (κ3) is 3.25. The van der Waals surface area contributed by atoms with Gasteiger partial charge in [-0.25, -0.2) is 9.97 Å². The average Bonchev–Trinajstić information content (AvgIpc) is 2.45. The first kappa shape index (κ1) is 15.1. The highest BCUT2D eigenvalue weighted by molar-refractivity contribution is 5.90. The molecule has 0 saturated carbocycles. The number of nitro groups is 1. The SMILES string of the molecule is CN(CC(C)(C)CN)c1ncnc2ccc([N+](=O)[O-])cc12. The maximum atomic E-state index is 10.9. The Balaban J connectivity index is 2.47. The summed E-state index contributed by atoms with van der Waals surface area (Å²) in [5.74, 6) is 0.672. The first-order valence-corrected chi connectivity index (χ1v) is 6.64. The zero-order valence-electron chi connectivity index (χ0n) is 12.4. The van der Waals surface area contributed by atoms with E-state index in [1.54, 1.807) is 6.07 Å². The number of hydrogen-bond donors (Lipinski definition) is 1. The van der Waals surface area contributed by atoms with E-state index in [2.05, 4.69) is 23.8 Å². The van der Waals surface area contributed by atoms with Gasteiger partial charge in [0.1, 0.15) is 12.1 Å². The van der Waals surface area contributed by atoms with E-state index in [0.717, 1.165) is 0 Å². The lowest BCUT2D eigenvalue weighted by Crippen LogP contribution is -2.37. The summed E-state index contributed by atoms with van der Waals surface area (Å²) in [6.07, 6.45) is 1.47. The number of non-ortho nitro benzene ring substituents is 1. The van der Waals surface area contributed by atoms with Gasteiger partial charge in [0, 0.05) is 31.1 Å². The third-order valence-corrected chi connectivity index (χ3v) is 3.39. The highest BCUT2D eigenvalue weighted by Gasteiger charge is 2.21. The van der Waals surface area contributed by atoms with Crippen molar-refractivity contribution in [1.82, 2.24) is 9.97 Å². The van der Waals surface area contributed by atoms with Crippen molar-refractivity contribution in [3.05, 3.63) is 34.6 Å². The first-order valence-electron chi connectivity index (χ1n) is 6.64. The number of rotatable bonds is 5. The van der Waals surface area contributed by atoms with Crippen LogP contribution < -0.4 is 10.6 Å². The average molecular weight is 289 g/mol. The number of anilines is 1. The maximum absolute atomic E-state index is 10.9. The van der Waals surface area contributed by atoms with Crippen LogP contribution in [0.15, 0.2) is 24.5 Å². The molecule has 0 spiro atoms. The number of nitrogens with two attached hydrogens (primary N) is 1. The Morgan fingerprint density at radius 2 is 2.10 bits per heavy atom. The van der Waals surface area contributed by atoms with Gasteiger partial charge in [-0.1, -0.05) is 13.8 Å². The summed E-state index contributed by atoms with van der Waals surface area (Å²) in [5.41, 5.74) is 6.40. The highest BCUT2D eigenvalue weighted by atomic mass is 16.6. The Morgan fingerprint density at radius 1 is 1.38 bits per heavy atom. The zero-order chi connectivity index (χ0) is 15.6. The van der Waals surface area contributed by atoms with E-state index in [1.165, 1.54) is 18.5 Å². The minimum atomic E-state index is -0.417. The Bertz CT molecular complexity index is 671. The lowest BCUT2D eigenvalue weighted by atomic mass is 9.93. The Kier molecular flexibility index (Phi) is 4.04. The molecule has 1 heterocycles. The van der Waals surface area contributed by atoms with Gasteiger partial charge in [0.25, 0.3) is 5.69 Å². The van der Waals surface area contributed by atoms with Crippen molar-refractivity contribution in [3.8, 4) is 0 Å². The summed E-state index contributed by atoms with van der Waals surface area (Å²) in [5, 5.41) is 11.6. The fourth-order valence-electron chi connectivity index (χ4n) is 2.23. The fraction of sp³-hybridized carbons (Fsp3) is 0.429. The Morgan fingerprint density at radius 3 is 2.71 bits per heavy atom. The molecule has 1 aromatic heterocycles. The molecule has 2 rings (SSSR count). The summed E-state index contributed by atoms with van der Waals surface area (Å²) in [4.78, 5) is 20.9. The van der Waals surface area contributed by atoms with Crippen molar-refractivity contribution in [2.45, 2.75) is 13.8 Å². The molecule has 1 aromatic carbocycles. The summed E-state index contributed by atoms with van der Waals surface area (Å²) in [6.45, 7) is 5.36. The molecule has 0 bridgehead atoms. The molecule has 0 atom stereocenters. The summed E-state index contributed by atoms with van der Waals surface area (Å²) >= 11 is 0. The molecule has 21 heavy (non-hydrogen) atoms. The van der Waals surface area contributed by atoms with Gasteiger partial charge in [0.2, 0.25) is 0 Å². The Labute approximate surface area is 122 Å². The number of fused-ring (bicyclic) bond motifs is 1. The van der Waals surface area contributed by atoms with Gasteiger partial charge < -0.3 is 10.6 Å². The molecule has 0 amide bonds. The number of aromatic nitrogens is 2. The lowest BCUT2D eigenvalue weighted by Gasteiger charge is -2.30. The van der Waals surface area contributed by atoms with Crippen LogP contribution in [0.1, 0.15) is 13.8 Å². The van der Waals surface area contributed by atoms with E-state index in [9.17, 15) is 10.1 Å². The van der Waals surface area contributed by atoms with Gasteiger partial charge in [0.05, 0.1) is 10.4 Å². The second-order valence-corrected chi connectivity index (χ2v) is 5.88. The normalized spacial score (nSPS) is 11.6. The molecule has 2 N–H and O–H groups in total. The molecule has 7 heteroatoms. The van der Waals surface area contributed by atoms with E-state index in [1.807, 2.05) is 11.9 Å². The molecule has 112 valence electrons. The van der Waals surface area contributed by atoms with E-state index < -0.39 is 4.92 Å². The molecule has 0 fully saturated rings. The lowest BCUT2D eigenvalue weighted by molar-refractivity contribution is -0.384. The minimum Gasteiger partial charge on any atom is -0.358 e. The predicted molar refractivity (Wildman–Crippen MR) is 82.3 cm³/mol. The molecule has 0 aliphatic heterocycles. The minimum absolute atomic E-state index is 0.0324. The van der Waals surface area contributed by atoms with Crippen LogP contribution in [0, 0.1) is 15.5 Å². The molecule has 0 unspecified atom stereocenters. The van der Waals surface area contributed by atoms with Gasteiger partial charge >= 0.3 is 0 Å². The second-order valence-electron chi connectivity index (χ2n) is 5.88. The number of nitrogens with zero attached hydrogens (tertiary/aromatic N) is 4. The van der Waals surface area contributed by atoms with Crippen molar-refractivity contribution in [2.75, 3.05) is 25.0 Å². The van der Waals surface area contributed by atoms with Crippen LogP contribution in [0.2, 0.25) is 0 Å². The molecule has 7 nitrogen and oxygen atoms in total. The number of hydrogen-bond acceptors (Lipinski definition) is 6. The van der Waals surface area contributed by atoms with Crippen LogP contribution in [0.4, 0.5) is 11.5 Å². The maximum Gasteiger partial charge on any atom is 0.270 e. The molecular weight excluding hydrogens is 270 g/mol. The van der Waals surface area contributed by atoms with E-state index in [0.29, 0.717) is 29.8 Å². The van der Waals surface area contributed by atoms with Crippen LogP contribution in [-0.2, 0) is 0 Å². The van der Waals surface area contributed by atoms with Crippen LogP contribution in [0.3, 0.4) is 0 Å². The third-order valence-electron chi connectivity index (χ3n) is 3.39. The highest BCUT2D eigenvalue weighted by Crippen LogP contribution is 2.28.